The summed E-state index contributed by atoms with van der Waals surface area (Å²) in [5.74, 6) is -1.36. The molecule has 0 aliphatic heterocycles. The van der Waals surface area contributed by atoms with Crippen LogP contribution >= 0.6 is 46.4 Å². The minimum atomic E-state index is -4.55. The summed E-state index contributed by atoms with van der Waals surface area (Å²) < 4.78 is 41.0. The zero-order chi connectivity index (χ0) is 22.8. The average molecular weight is 510 g/mol. The normalized spacial score (nSPS) is 15.5. The summed E-state index contributed by atoms with van der Waals surface area (Å²) in [4.78, 5) is 11.8. The van der Waals surface area contributed by atoms with Gasteiger partial charge in [-0.1, -0.05) is 70.7 Å². The van der Waals surface area contributed by atoms with Gasteiger partial charge in [-0.15, -0.1) is 0 Å². The molecule has 2 aromatic rings. The van der Waals surface area contributed by atoms with Gasteiger partial charge in [0, 0.05) is 17.4 Å². The molecule has 8 heteroatoms. The van der Waals surface area contributed by atoms with Crippen molar-refractivity contribution in [3.8, 4) is 0 Å². The maximum absolute atomic E-state index is 13.7. The fourth-order valence-corrected chi connectivity index (χ4v) is 4.20. The number of carbonyl (C=O) groups excluding carboxylic acids is 1. The fraction of sp³-hybridized carbons (Fsp3) is 0.348. The Bertz CT molecular complexity index is 974. The van der Waals surface area contributed by atoms with Crippen LogP contribution in [0.25, 0.3) is 6.08 Å². The molecule has 1 atom stereocenters. The van der Waals surface area contributed by atoms with Crippen molar-refractivity contribution in [2.24, 2.45) is 5.92 Å². The smallest absolute Gasteiger partial charge is 0.299 e. The molecule has 1 fully saturated rings. The third kappa shape index (κ3) is 6.64. The molecule has 1 unspecified atom stereocenters. The first-order valence-corrected chi connectivity index (χ1v) is 11.3. The zero-order valence-electron chi connectivity index (χ0n) is 16.3. The summed E-state index contributed by atoms with van der Waals surface area (Å²) in [6.45, 7) is 0. The van der Waals surface area contributed by atoms with Crippen LogP contribution in [0.3, 0.4) is 0 Å². The van der Waals surface area contributed by atoms with Gasteiger partial charge >= 0.3 is 6.18 Å². The predicted molar refractivity (Wildman–Crippen MR) is 121 cm³/mol. The summed E-state index contributed by atoms with van der Waals surface area (Å²) in [5, 5.41) is 0.388. The lowest BCUT2D eigenvalue weighted by Crippen LogP contribution is -2.19. The monoisotopic (exact) mass is 508 g/mol. The van der Waals surface area contributed by atoms with Crippen LogP contribution in [0.15, 0.2) is 36.4 Å². The van der Waals surface area contributed by atoms with E-state index in [0.717, 1.165) is 36.6 Å². The molecule has 0 N–H and O–H groups in total. The number of ketones is 1. The van der Waals surface area contributed by atoms with Gasteiger partial charge in [-0.2, -0.15) is 13.2 Å². The number of hydrogen-bond acceptors (Lipinski definition) is 1. The van der Waals surface area contributed by atoms with E-state index < -0.39 is 12.1 Å². The van der Waals surface area contributed by atoms with Crippen molar-refractivity contribution in [2.75, 3.05) is 0 Å². The molecule has 166 valence electrons. The number of aryl methyl sites for hydroxylation is 1. The number of hydrogen-bond donors (Lipinski definition) is 0. The quantitative estimate of drug-likeness (QED) is 0.324. The second kappa shape index (κ2) is 10.2. The Morgan fingerprint density at radius 3 is 2.23 bits per heavy atom. The summed E-state index contributed by atoms with van der Waals surface area (Å²) in [7, 11) is 0. The molecule has 31 heavy (non-hydrogen) atoms. The van der Waals surface area contributed by atoms with Crippen molar-refractivity contribution in [3.05, 3.63) is 73.2 Å². The van der Waals surface area contributed by atoms with Gasteiger partial charge in [-0.3, -0.25) is 4.79 Å². The number of benzene rings is 2. The lowest BCUT2D eigenvalue weighted by Gasteiger charge is -2.18. The highest BCUT2D eigenvalue weighted by Gasteiger charge is 2.39. The number of halogens is 7. The van der Waals surface area contributed by atoms with Crippen LogP contribution in [-0.2, 0) is 11.2 Å². The van der Waals surface area contributed by atoms with Gasteiger partial charge in [0.2, 0.25) is 0 Å². The van der Waals surface area contributed by atoms with Crippen LogP contribution in [0.5, 0.6) is 0 Å². The Morgan fingerprint density at radius 1 is 1.03 bits per heavy atom. The van der Waals surface area contributed by atoms with Crippen LogP contribution in [0, 0.1) is 5.92 Å². The minimum Gasteiger partial charge on any atom is -0.299 e. The highest BCUT2D eigenvalue weighted by Crippen LogP contribution is 2.41. The SMILES string of the molecule is O=C(CCCc1ccc(/C=C/C(c2cc(Cl)c(Cl)c(Cl)c2)C(F)(F)F)cc1Cl)C1CC1. The largest absolute Gasteiger partial charge is 0.399 e. The number of rotatable bonds is 8. The Morgan fingerprint density at radius 2 is 1.68 bits per heavy atom. The molecule has 1 nitrogen and oxygen atoms in total. The van der Waals surface area contributed by atoms with E-state index in [-0.39, 0.29) is 26.5 Å². The van der Waals surface area contributed by atoms with Crippen molar-refractivity contribution in [1.82, 2.24) is 0 Å². The molecule has 0 bridgehead atoms. The maximum atomic E-state index is 13.7. The molecule has 0 heterocycles. The van der Waals surface area contributed by atoms with Crippen LogP contribution in [0.1, 0.15) is 48.3 Å². The third-order valence-corrected chi connectivity index (χ3v) is 6.73. The van der Waals surface area contributed by atoms with E-state index >= 15 is 0 Å². The number of alkyl halides is 3. The van der Waals surface area contributed by atoms with Gasteiger partial charge in [-0.05, 0) is 60.6 Å². The van der Waals surface area contributed by atoms with Gasteiger partial charge < -0.3 is 0 Å². The molecule has 0 saturated heterocycles. The van der Waals surface area contributed by atoms with E-state index in [9.17, 15) is 18.0 Å². The highest BCUT2D eigenvalue weighted by molar-refractivity contribution is 6.48. The summed E-state index contributed by atoms with van der Waals surface area (Å²) in [6, 6.07) is 7.43. The van der Waals surface area contributed by atoms with Crippen LogP contribution < -0.4 is 0 Å². The second-order valence-electron chi connectivity index (χ2n) is 7.62. The summed E-state index contributed by atoms with van der Waals surface area (Å²) in [6.07, 6.45) is 1.72. The molecule has 2 aromatic carbocycles. The van der Waals surface area contributed by atoms with Crippen LogP contribution in [0.4, 0.5) is 13.2 Å². The maximum Gasteiger partial charge on any atom is 0.399 e. The molecule has 0 radical (unpaired) electrons. The van der Waals surface area contributed by atoms with E-state index in [4.69, 9.17) is 46.4 Å². The Balaban J connectivity index is 1.73. The fourth-order valence-electron chi connectivity index (χ4n) is 3.30. The first-order chi connectivity index (χ1) is 14.6. The topological polar surface area (TPSA) is 17.1 Å². The van der Waals surface area contributed by atoms with Gasteiger partial charge in [0.05, 0.1) is 21.0 Å². The molecule has 1 aliphatic carbocycles. The van der Waals surface area contributed by atoms with Crippen molar-refractivity contribution in [2.45, 2.75) is 44.2 Å². The molecule has 0 aromatic heterocycles. The van der Waals surface area contributed by atoms with E-state index in [1.165, 1.54) is 6.08 Å². The van der Waals surface area contributed by atoms with Gasteiger partial charge in [-0.25, -0.2) is 0 Å². The third-order valence-electron chi connectivity index (χ3n) is 5.18. The minimum absolute atomic E-state index is 0.0122. The second-order valence-corrected chi connectivity index (χ2v) is 9.22. The van der Waals surface area contributed by atoms with Gasteiger partial charge in [0.15, 0.2) is 0 Å². The molecular formula is C23H19Cl4F3O. The standard InChI is InChI=1S/C23H19Cl4F3O/c24-18-10-13(4-6-14(18)2-1-3-21(31)15-7-8-15)5-9-17(23(28,29)30)16-11-19(25)22(27)20(26)12-16/h4-6,9-12,15,17H,1-3,7-8H2/b9-5+. The molecular weight excluding hydrogens is 491 g/mol. The van der Waals surface area contributed by atoms with Crippen molar-refractivity contribution in [1.29, 1.82) is 0 Å². The lowest BCUT2D eigenvalue weighted by atomic mass is 9.96. The zero-order valence-corrected chi connectivity index (χ0v) is 19.3. The highest BCUT2D eigenvalue weighted by atomic mass is 35.5. The van der Waals surface area contributed by atoms with Crippen molar-refractivity contribution < 1.29 is 18.0 Å². The Hall–Kier alpha value is -1.20. The number of allylic oxidation sites excluding steroid dienone is 1. The molecule has 0 spiro atoms. The van der Waals surface area contributed by atoms with Crippen LogP contribution in [-0.4, -0.2) is 12.0 Å². The lowest BCUT2D eigenvalue weighted by molar-refractivity contribution is -0.139. The van der Waals surface area contributed by atoms with E-state index in [2.05, 4.69) is 0 Å². The molecule has 1 aliphatic rings. The van der Waals surface area contributed by atoms with Crippen molar-refractivity contribution in [3.63, 3.8) is 0 Å². The Labute approximate surface area is 199 Å². The molecule has 3 rings (SSSR count). The first-order valence-electron chi connectivity index (χ1n) is 9.76. The summed E-state index contributed by atoms with van der Waals surface area (Å²) >= 11 is 24.0. The van der Waals surface area contributed by atoms with E-state index in [0.29, 0.717) is 35.6 Å². The number of carbonyl (C=O) groups is 1. The van der Waals surface area contributed by atoms with E-state index in [1.807, 2.05) is 0 Å². The van der Waals surface area contributed by atoms with Crippen LogP contribution in [0.2, 0.25) is 20.1 Å². The molecule has 0 amide bonds. The first kappa shape index (κ1) is 24.4. The van der Waals surface area contributed by atoms with Gasteiger partial charge in [0.1, 0.15) is 5.78 Å². The van der Waals surface area contributed by atoms with Gasteiger partial charge in [0.25, 0.3) is 0 Å². The Kier molecular flexibility index (Phi) is 8.01. The number of Topliss-reactive ketones (excluding diaryl/α,β-unsaturated/α-hetero) is 1. The van der Waals surface area contributed by atoms with E-state index in [1.54, 1.807) is 18.2 Å². The average Bonchev–Trinajstić information content (AvgIpc) is 3.52. The summed E-state index contributed by atoms with van der Waals surface area (Å²) in [5.41, 5.74) is 1.29. The molecule has 1 saturated carbocycles. The van der Waals surface area contributed by atoms with Crippen molar-refractivity contribution >= 4 is 58.3 Å². The predicted octanol–water partition coefficient (Wildman–Crippen LogP) is 8.96.